The van der Waals surface area contributed by atoms with Crippen molar-refractivity contribution in [1.82, 2.24) is 10.2 Å². The van der Waals surface area contributed by atoms with Gasteiger partial charge in [0.05, 0.1) is 19.1 Å². The molecule has 0 spiro atoms. The summed E-state index contributed by atoms with van der Waals surface area (Å²) in [6.07, 6.45) is 0. The standard InChI is InChI=1S/C11H22N2O3/c1-9(11(14)15)7-12-10(2)8-13-3-5-16-6-4-13/h9-10,12H,3-8H2,1-2H3,(H,14,15). The minimum absolute atomic E-state index is 0.319. The van der Waals surface area contributed by atoms with Crippen molar-refractivity contribution in [2.45, 2.75) is 19.9 Å². The highest BCUT2D eigenvalue weighted by Crippen LogP contribution is 1.99. The smallest absolute Gasteiger partial charge is 0.307 e. The number of morpholine rings is 1. The normalized spacial score (nSPS) is 21.6. The van der Waals surface area contributed by atoms with Crippen LogP contribution in [0.3, 0.4) is 0 Å². The number of carboxylic acids is 1. The maximum atomic E-state index is 10.6. The van der Waals surface area contributed by atoms with Crippen molar-refractivity contribution < 1.29 is 14.6 Å². The zero-order valence-electron chi connectivity index (χ0n) is 10.1. The van der Waals surface area contributed by atoms with Crippen molar-refractivity contribution in [2.24, 2.45) is 5.92 Å². The molecule has 1 rings (SSSR count). The van der Waals surface area contributed by atoms with Gasteiger partial charge in [-0.3, -0.25) is 9.69 Å². The van der Waals surface area contributed by atoms with Gasteiger partial charge < -0.3 is 15.2 Å². The third-order valence-electron chi connectivity index (χ3n) is 2.83. The van der Waals surface area contributed by atoms with Crippen LogP contribution < -0.4 is 5.32 Å². The molecule has 0 radical (unpaired) electrons. The lowest BCUT2D eigenvalue weighted by Crippen LogP contribution is -2.45. The number of hydrogen-bond acceptors (Lipinski definition) is 4. The molecule has 2 unspecified atom stereocenters. The van der Waals surface area contributed by atoms with Crippen LogP contribution in [0.1, 0.15) is 13.8 Å². The second kappa shape index (κ2) is 6.83. The number of rotatable bonds is 6. The van der Waals surface area contributed by atoms with Crippen LogP contribution in [0.5, 0.6) is 0 Å². The minimum atomic E-state index is -0.744. The molecule has 0 aromatic carbocycles. The highest BCUT2D eigenvalue weighted by molar-refractivity contribution is 5.69. The predicted octanol–water partition coefficient (Wildman–Crippen LogP) is 0.0174. The van der Waals surface area contributed by atoms with Crippen LogP contribution >= 0.6 is 0 Å². The molecule has 1 aliphatic rings. The highest BCUT2D eigenvalue weighted by atomic mass is 16.5. The van der Waals surface area contributed by atoms with E-state index in [0.29, 0.717) is 12.6 Å². The molecular weight excluding hydrogens is 208 g/mol. The highest BCUT2D eigenvalue weighted by Gasteiger charge is 2.15. The van der Waals surface area contributed by atoms with E-state index in [1.54, 1.807) is 6.92 Å². The van der Waals surface area contributed by atoms with Crippen LogP contribution in [-0.4, -0.2) is 61.4 Å². The van der Waals surface area contributed by atoms with E-state index in [1.807, 2.05) is 0 Å². The minimum Gasteiger partial charge on any atom is -0.481 e. The van der Waals surface area contributed by atoms with E-state index in [0.717, 1.165) is 32.8 Å². The molecule has 0 aliphatic carbocycles. The molecule has 2 N–H and O–H groups in total. The van der Waals surface area contributed by atoms with Crippen LogP contribution in [0.4, 0.5) is 0 Å². The Labute approximate surface area is 96.8 Å². The Morgan fingerprint density at radius 1 is 1.44 bits per heavy atom. The number of carbonyl (C=O) groups is 1. The van der Waals surface area contributed by atoms with Crippen molar-refractivity contribution in [3.63, 3.8) is 0 Å². The van der Waals surface area contributed by atoms with E-state index < -0.39 is 5.97 Å². The van der Waals surface area contributed by atoms with Gasteiger partial charge in [0, 0.05) is 32.2 Å². The Bertz CT molecular complexity index is 217. The molecule has 0 aromatic heterocycles. The first-order valence-electron chi connectivity index (χ1n) is 5.86. The Hall–Kier alpha value is -0.650. The third kappa shape index (κ3) is 4.92. The van der Waals surface area contributed by atoms with Crippen molar-refractivity contribution in [2.75, 3.05) is 39.4 Å². The lowest BCUT2D eigenvalue weighted by atomic mass is 10.1. The van der Waals surface area contributed by atoms with E-state index in [1.165, 1.54) is 0 Å². The van der Waals surface area contributed by atoms with Crippen molar-refractivity contribution >= 4 is 5.97 Å². The molecule has 1 aliphatic heterocycles. The van der Waals surface area contributed by atoms with Crippen LogP contribution in [0, 0.1) is 5.92 Å². The summed E-state index contributed by atoms with van der Waals surface area (Å²) < 4.78 is 5.27. The van der Waals surface area contributed by atoms with E-state index >= 15 is 0 Å². The van der Waals surface area contributed by atoms with Gasteiger partial charge in [0.15, 0.2) is 0 Å². The van der Waals surface area contributed by atoms with Crippen molar-refractivity contribution in [1.29, 1.82) is 0 Å². The number of ether oxygens (including phenoxy) is 1. The summed E-state index contributed by atoms with van der Waals surface area (Å²) in [6, 6.07) is 0.319. The zero-order chi connectivity index (χ0) is 12.0. The number of nitrogens with zero attached hydrogens (tertiary/aromatic N) is 1. The molecule has 0 aromatic rings. The number of nitrogens with one attached hydrogen (secondary N) is 1. The number of aliphatic carboxylic acids is 1. The molecule has 5 nitrogen and oxygen atoms in total. The van der Waals surface area contributed by atoms with Gasteiger partial charge in [-0.1, -0.05) is 6.92 Å². The molecular formula is C11H22N2O3. The van der Waals surface area contributed by atoms with E-state index in [-0.39, 0.29) is 5.92 Å². The Balaban J connectivity index is 2.14. The lowest BCUT2D eigenvalue weighted by molar-refractivity contribution is -0.140. The largest absolute Gasteiger partial charge is 0.481 e. The van der Waals surface area contributed by atoms with Crippen LogP contribution in [0.25, 0.3) is 0 Å². The topological polar surface area (TPSA) is 61.8 Å². The monoisotopic (exact) mass is 230 g/mol. The Morgan fingerprint density at radius 2 is 2.06 bits per heavy atom. The van der Waals surface area contributed by atoms with Gasteiger partial charge in [0.2, 0.25) is 0 Å². The Morgan fingerprint density at radius 3 is 2.62 bits per heavy atom. The van der Waals surface area contributed by atoms with Gasteiger partial charge >= 0.3 is 5.97 Å². The van der Waals surface area contributed by atoms with Gasteiger partial charge in [0.25, 0.3) is 0 Å². The summed E-state index contributed by atoms with van der Waals surface area (Å²) in [5.41, 5.74) is 0. The van der Waals surface area contributed by atoms with Gasteiger partial charge in [-0.2, -0.15) is 0 Å². The van der Waals surface area contributed by atoms with E-state index in [2.05, 4.69) is 17.1 Å². The molecule has 2 atom stereocenters. The van der Waals surface area contributed by atoms with Crippen molar-refractivity contribution in [3.8, 4) is 0 Å². The lowest BCUT2D eigenvalue weighted by Gasteiger charge is -2.29. The summed E-state index contributed by atoms with van der Waals surface area (Å²) in [5.74, 6) is -1.07. The van der Waals surface area contributed by atoms with Crippen LogP contribution in [0.2, 0.25) is 0 Å². The molecule has 0 saturated carbocycles. The maximum absolute atomic E-state index is 10.6. The molecule has 1 heterocycles. The Kier molecular flexibility index (Phi) is 5.73. The summed E-state index contributed by atoms with van der Waals surface area (Å²) in [7, 11) is 0. The maximum Gasteiger partial charge on any atom is 0.307 e. The fourth-order valence-electron chi connectivity index (χ4n) is 1.70. The molecule has 0 amide bonds. The van der Waals surface area contributed by atoms with E-state index in [9.17, 15) is 4.79 Å². The van der Waals surface area contributed by atoms with Gasteiger partial charge in [-0.15, -0.1) is 0 Å². The molecule has 16 heavy (non-hydrogen) atoms. The molecule has 5 heteroatoms. The van der Waals surface area contributed by atoms with Gasteiger partial charge in [-0.05, 0) is 6.92 Å². The molecule has 1 fully saturated rings. The quantitative estimate of drug-likeness (QED) is 0.673. The predicted molar refractivity (Wildman–Crippen MR) is 61.5 cm³/mol. The summed E-state index contributed by atoms with van der Waals surface area (Å²) in [4.78, 5) is 13.0. The van der Waals surface area contributed by atoms with Crippen LogP contribution in [-0.2, 0) is 9.53 Å². The SMILES string of the molecule is CC(CN1CCOCC1)NCC(C)C(=O)O. The fraction of sp³-hybridized carbons (Fsp3) is 0.909. The van der Waals surface area contributed by atoms with Gasteiger partial charge in [0.1, 0.15) is 0 Å². The summed E-state index contributed by atoms with van der Waals surface area (Å²) in [5, 5.41) is 12.0. The number of hydrogen-bond donors (Lipinski definition) is 2. The average molecular weight is 230 g/mol. The van der Waals surface area contributed by atoms with Gasteiger partial charge in [-0.25, -0.2) is 0 Å². The summed E-state index contributed by atoms with van der Waals surface area (Å²) in [6.45, 7) is 8.84. The zero-order valence-corrected chi connectivity index (χ0v) is 10.1. The van der Waals surface area contributed by atoms with Crippen LogP contribution in [0.15, 0.2) is 0 Å². The summed E-state index contributed by atoms with van der Waals surface area (Å²) >= 11 is 0. The molecule has 0 bridgehead atoms. The third-order valence-corrected chi connectivity index (χ3v) is 2.83. The number of carboxylic acid groups (broad SMARTS) is 1. The second-order valence-electron chi connectivity index (χ2n) is 4.46. The fourth-order valence-corrected chi connectivity index (χ4v) is 1.70. The molecule has 94 valence electrons. The average Bonchev–Trinajstić information content (AvgIpc) is 2.27. The molecule has 1 saturated heterocycles. The van der Waals surface area contributed by atoms with Crippen molar-refractivity contribution in [3.05, 3.63) is 0 Å². The first-order chi connectivity index (χ1) is 7.59. The van der Waals surface area contributed by atoms with E-state index in [4.69, 9.17) is 9.84 Å². The second-order valence-corrected chi connectivity index (χ2v) is 4.46. The first-order valence-corrected chi connectivity index (χ1v) is 5.86. The first kappa shape index (κ1) is 13.4.